The van der Waals surface area contributed by atoms with Crippen LogP contribution in [0.4, 0.5) is 34.1 Å². The summed E-state index contributed by atoms with van der Waals surface area (Å²) in [4.78, 5) is 7.20. The average Bonchev–Trinajstić information content (AvgIpc) is 1.70. The lowest BCUT2D eigenvalue weighted by molar-refractivity contribution is 0.561. The molecule has 1 atom stereocenters. The first-order valence-corrected chi connectivity index (χ1v) is 32.4. The van der Waals surface area contributed by atoms with Gasteiger partial charge in [0.15, 0.2) is 0 Å². The Labute approximate surface area is 519 Å². The van der Waals surface area contributed by atoms with Crippen LogP contribution in [0.15, 0.2) is 188 Å². The Bertz CT molecular complexity index is 4550. The maximum absolute atomic E-state index is 2.55. The highest BCUT2D eigenvalue weighted by Crippen LogP contribution is 2.60. The van der Waals surface area contributed by atoms with Gasteiger partial charge in [-0.1, -0.05) is 247 Å². The second-order valence-electron chi connectivity index (χ2n) is 28.3. The highest BCUT2D eigenvalue weighted by atomic mass is 15.1. The zero-order valence-electron chi connectivity index (χ0n) is 54.7. The Morgan fingerprint density at radius 1 is 0.368 bits per heavy atom. The summed E-state index contributed by atoms with van der Waals surface area (Å²) < 4.78 is 0. The molecule has 4 aliphatic rings. The van der Waals surface area contributed by atoms with Crippen molar-refractivity contribution in [2.45, 2.75) is 149 Å². The van der Waals surface area contributed by atoms with Crippen molar-refractivity contribution in [3.05, 3.63) is 249 Å². The lowest BCUT2D eigenvalue weighted by atomic mass is 9.67. The van der Waals surface area contributed by atoms with Gasteiger partial charge in [0.25, 0.3) is 0 Å². The first-order chi connectivity index (χ1) is 41.6. The molecule has 1 unspecified atom stereocenters. The summed E-state index contributed by atoms with van der Waals surface area (Å²) in [5.74, 6) is 1.18. The summed E-state index contributed by atoms with van der Waals surface area (Å²) >= 11 is 0. The minimum absolute atomic E-state index is 0.00241. The summed E-state index contributed by atoms with van der Waals surface area (Å²) in [7, 11) is 6.67. The van der Waals surface area contributed by atoms with Gasteiger partial charge in [0.05, 0.1) is 5.69 Å². The summed E-state index contributed by atoms with van der Waals surface area (Å²) in [6.45, 7) is 30.6. The molecule has 0 aromatic heterocycles. The van der Waals surface area contributed by atoms with Crippen LogP contribution in [0.25, 0.3) is 54.2 Å². The van der Waals surface area contributed by atoms with Crippen molar-refractivity contribution in [3.63, 3.8) is 0 Å². The SMILES string of the molecule is CC(C)c1ccc2c(c1)C(C)(C)c1c(c3ccccc3c3ccccc13)N2C.CCCCC(CC)c1ccc2c(c1)C(C)(C)c1c(ccc3c1C(C)(C)c1ccccc1-3)N2C.Cc1ccc2c(c1)C(C)(C)c1c(ccc3cc4ccccc4cc13)N2C. The lowest BCUT2D eigenvalue weighted by Gasteiger charge is -2.44. The smallest absolute Gasteiger partial charge is 0.0535 e. The van der Waals surface area contributed by atoms with Crippen LogP contribution < -0.4 is 14.7 Å². The third-order valence-electron chi connectivity index (χ3n) is 21.2. The molecule has 0 spiro atoms. The number of hydrogen-bond donors (Lipinski definition) is 0. The lowest BCUT2D eigenvalue weighted by Crippen LogP contribution is -2.34. The van der Waals surface area contributed by atoms with Crippen molar-refractivity contribution in [1.29, 1.82) is 0 Å². The number of aryl methyl sites for hydroxylation is 1. The van der Waals surface area contributed by atoms with Gasteiger partial charge < -0.3 is 14.7 Å². The molecule has 0 bridgehead atoms. The fraction of sp³-hybridized carbons (Fsp3) is 0.310. The number of rotatable bonds is 6. The van der Waals surface area contributed by atoms with Gasteiger partial charge in [0, 0.05) is 76.6 Å². The normalized spacial score (nSPS) is 16.1. The third-order valence-corrected chi connectivity index (χ3v) is 21.2. The van der Waals surface area contributed by atoms with Crippen LogP contribution in [0.5, 0.6) is 0 Å². The molecule has 0 amide bonds. The number of fused-ring (bicyclic) bond motifs is 18. The molecule has 11 aromatic carbocycles. The molecule has 3 heterocycles. The molecule has 0 saturated carbocycles. The fourth-order valence-corrected chi connectivity index (χ4v) is 16.4. The summed E-state index contributed by atoms with van der Waals surface area (Å²) in [6, 6.07) is 70.6. The third kappa shape index (κ3) is 9.02. The molecule has 3 nitrogen and oxygen atoms in total. The van der Waals surface area contributed by atoms with Gasteiger partial charge in [-0.05, 0) is 179 Å². The molecule has 87 heavy (non-hydrogen) atoms. The zero-order chi connectivity index (χ0) is 61.2. The summed E-state index contributed by atoms with van der Waals surface area (Å²) in [5, 5.41) is 10.7. The van der Waals surface area contributed by atoms with E-state index in [9.17, 15) is 0 Å². The maximum atomic E-state index is 2.55. The van der Waals surface area contributed by atoms with Crippen LogP contribution in [0.2, 0.25) is 0 Å². The predicted molar refractivity (Wildman–Crippen MR) is 378 cm³/mol. The highest BCUT2D eigenvalue weighted by Gasteiger charge is 2.46. The van der Waals surface area contributed by atoms with Crippen LogP contribution >= 0.6 is 0 Å². The Hall–Kier alpha value is -8.14. The topological polar surface area (TPSA) is 9.72 Å². The highest BCUT2D eigenvalue weighted by molar-refractivity contribution is 6.17. The molecule has 440 valence electrons. The molecular weight excluding hydrogens is 1050 g/mol. The second-order valence-corrected chi connectivity index (χ2v) is 28.3. The van der Waals surface area contributed by atoms with Gasteiger partial charge in [-0.2, -0.15) is 0 Å². The van der Waals surface area contributed by atoms with E-state index in [-0.39, 0.29) is 21.7 Å². The van der Waals surface area contributed by atoms with Gasteiger partial charge in [-0.15, -0.1) is 0 Å². The van der Waals surface area contributed by atoms with E-state index in [0.29, 0.717) is 11.8 Å². The Kier molecular flexibility index (Phi) is 14.2. The van der Waals surface area contributed by atoms with Crippen LogP contribution in [-0.4, -0.2) is 21.1 Å². The van der Waals surface area contributed by atoms with E-state index in [4.69, 9.17) is 0 Å². The Balaban J connectivity index is 0.000000122. The van der Waals surface area contributed by atoms with Crippen molar-refractivity contribution in [2.75, 3.05) is 35.8 Å². The molecule has 11 aromatic rings. The van der Waals surface area contributed by atoms with Crippen molar-refractivity contribution in [1.82, 2.24) is 0 Å². The van der Waals surface area contributed by atoms with Crippen molar-refractivity contribution >= 4 is 77.2 Å². The molecule has 1 aliphatic carbocycles. The van der Waals surface area contributed by atoms with E-state index < -0.39 is 0 Å². The molecule has 15 rings (SSSR count). The van der Waals surface area contributed by atoms with E-state index in [2.05, 4.69) is 314 Å². The standard InChI is InChI=1S/C32H39N.C27H27N.C25H23N/c1-8-10-13-21(9-2)22-16-18-27-26(20-22)32(5,6)30-28(33(27)7)19-17-24-23-14-11-12-15-25(23)31(3,4)29(24)30;1-17(2)18-14-15-24-23(16-18)27(3,4)25-21-12-8-6-10-19(21)20-11-7-9-13-22(20)26(25)28(24)5;1-16-9-11-22-21(13-16)25(2,3)24-20-15-18-8-6-5-7-17(18)14-19(20)10-12-23(24)26(22)4/h11-12,14-21H,8-10,13H2,1-7H3;6-17H,1-5H3;5-15H,1-4H3. The first-order valence-electron chi connectivity index (χ1n) is 32.4. The quantitative estimate of drug-likeness (QED) is 0.121. The van der Waals surface area contributed by atoms with Crippen LogP contribution in [-0.2, 0) is 21.7 Å². The van der Waals surface area contributed by atoms with Crippen LogP contribution in [0.3, 0.4) is 0 Å². The Morgan fingerprint density at radius 2 is 0.862 bits per heavy atom. The minimum atomic E-state index is -0.0638. The average molecular weight is 1140 g/mol. The first kappa shape index (κ1) is 57.9. The van der Waals surface area contributed by atoms with Crippen molar-refractivity contribution in [2.24, 2.45) is 0 Å². The van der Waals surface area contributed by atoms with E-state index in [1.165, 1.54) is 175 Å². The minimum Gasteiger partial charge on any atom is -0.344 e. The predicted octanol–water partition coefficient (Wildman–Crippen LogP) is 23.3. The van der Waals surface area contributed by atoms with Gasteiger partial charge in [0.2, 0.25) is 0 Å². The van der Waals surface area contributed by atoms with Gasteiger partial charge in [-0.3, -0.25) is 0 Å². The molecule has 3 heteroatoms. The Morgan fingerprint density at radius 3 is 1.53 bits per heavy atom. The van der Waals surface area contributed by atoms with E-state index >= 15 is 0 Å². The van der Waals surface area contributed by atoms with Crippen molar-refractivity contribution < 1.29 is 0 Å². The zero-order valence-corrected chi connectivity index (χ0v) is 54.7. The van der Waals surface area contributed by atoms with Crippen molar-refractivity contribution in [3.8, 4) is 11.1 Å². The second kappa shape index (κ2) is 21.3. The fourth-order valence-electron chi connectivity index (χ4n) is 16.4. The van der Waals surface area contributed by atoms with E-state index in [1.807, 2.05) is 0 Å². The largest absolute Gasteiger partial charge is 0.344 e. The summed E-state index contributed by atoms with van der Waals surface area (Å²) in [5.41, 5.74) is 26.6. The number of nitrogens with zero attached hydrogens (tertiary/aromatic N) is 3. The number of benzene rings is 11. The molecule has 0 fully saturated rings. The van der Waals surface area contributed by atoms with Crippen LogP contribution in [0.1, 0.15) is 182 Å². The molecule has 0 radical (unpaired) electrons. The number of hydrogen-bond acceptors (Lipinski definition) is 3. The molecule has 0 saturated heterocycles. The number of anilines is 6. The van der Waals surface area contributed by atoms with Gasteiger partial charge in [0.1, 0.15) is 0 Å². The van der Waals surface area contributed by atoms with E-state index in [1.54, 1.807) is 0 Å². The summed E-state index contributed by atoms with van der Waals surface area (Å²) in [6.07, 6.45) is 5.08. The molecule has 0 N–H and O–H groups in total. The van der Waals surface area contributed by atoms with Gasteiger partial charge in [-0.25, -0.2) is 0 Å². The monoisotopic (exact) mass is 1140 g/mol. The molecule has 3 aliphatic heterocycles. The maximum Gasteiger partial charge on any atom is 0.0535 e. The van der Waals surface area contributed by atoms with E-state index in [0.717, 1.165) is 0 Å². The van der Waals surface area contributed by atoms with Crippen LogP contribution in [0, 0.1) is 6.92 Å². The molecular formula is C84H89N3. The number of unbranched alkanes of at least 4 members (excludes halogenated alkanes) is 1. The van der Waals surface area contributed by atoms with Gasteiger partial charge >= 0.3 is 0 Å².